The normalized spacial score (nSPS) is 23.7. The van der Waals surface area contributed by atoms with E-state index in [-0.39, 0.29) is 5.92 Å². The van der Waals surface area contributed by atoms with Crippen molar-refractivity contribution in [3.8, 4) is 6.07 Å². The number of anilines is 1. The molecule has 0 aliphatic heterocycles. The molecule has 19 heavy (non-hydrogen) atoms. The van der Waals surface area contributed by atoms with E-state index in [1.54, 1.807) is 13.2 Å². The molecule has 6 heteroatoms. The van der Waals surface area contributed by atoms with E-state index >= 15 is 0 Å². The Balaban J connectivity index is 1.96. The van der Waals surface area contributed by atoms with Crippen molar-refractivity contribution < 1.29 is 0 Å². The third-order valence-corrected chi connectivity index (χ3v) is 3.58. The summed E-state index contributed by atoms with van der Waals surface area (Å²) in [7, 11) is 3.55. The van der Waals surface area contributed by atoms with Gasteiger partial charge in [-0.3, -0.25) is 9.67 Å². The summed E-state index contributed by atoms with van der Waals surface area (Å²) >= 11 is 0. The van der Waals surface area contributed by atoms with Gasteiger partial charge in [0.05, 0.1) is 24.0 Å². The Bertz CT molecular complexity index is 476. The summed E-state index contributed by atoms with van der Waals surface area (Å²) in [5.41, 5.74) is 0.928. The maximum atomic E-state index is 8.90. The molecule has 1 aromatic rings. The zero-order valence-electron chi connectivity index (χ0n) is 11.4. The second-order valence-electron chi connectivity index (χ2n) is 4.79. The minimum absolute atomic E-state index is 0.229. The van der Waals surface area contributed by atoms with Crippen LogP contribution in [0.4, 0.5) is 5.69 Å². The molecule has 0 spiro atoms. The molecule has 0 atom stereocenters. The van der Waals surface area contributed by atoms with Crippen LogP contribution in [0, 0.1) is 17.2 Å². The maximum Gasteiger partial charge on any atom is 0.195 e. The number of aromatic nitrogens is 2. The maximum absolute atomic E-state index is 8.90. The molecule has 1 fully saturated rings. The molecule has 102 valence electrons. The highest BCUT2D eigenvalue weighted by Gasteiger charge is 2.22. The molecule has 1 aromatic heterocycles. The fourth-order valence-electron chi connectivity index (χ4n) is 2.44. The Labute approximate surface area is 113 Å². The van der Waals surface area contributed by atoms with Crippen LogP contribution < -0.4 is 10.6 Å². The summed E-state index contributed by atoms with van der Waals surface area (Å²) in [6.07, 6.45) is 7.81. The number of rotatable bonds is 2. The van der Waals surface area contributed by atoms with Gasteiger partial charge in [-0.15, -0.1) is 0 Å². The van der Waals surface area contributed by atoms with Crippen LogP contribution in [0.3, 0.4) is 0 Å². The lowest BCUT2D eigenvalue weighted by Gasteiger charge is -2.24. The third-order valence-electron chi connectivity index (χ3n) is 3.58. The van der Waals surface area contributed by atoms with Crippen LogP contribution >= 0.6 is 0 Å². The summed E-state index contributed by atoms with van der Waals surface area (Å²) in [6, 6.07) is 2.77. The SMILES string of the molecule is CN=C(NC)Nc1cnn(C2CCC(C#N)CC2)c1. The van der Waals surface area contributed by atoms with Crippen molar-refractivity contribution in [1.82, 2.24) is 15.1 Å². The summed E-state index contributed by atoms with van der Waals surface area (Å²) in [4.78, 5) is 4.07. The van der Waals surface area contributed by atoms with Gasteiger partial charge in [0.2, 0.25) is 0 Å². The number of nitrogens with one attached hydrogen (secondary N) is 2. The van der Waals surface area contributed by atoms with Gasteiger partial charge in [0, 0.05) is 26.2 Å². The van der Waals surface area contributed by atoms with E-state index in [4.69, 9.17) is 5.26 Å². The van der Waals surface area contributed by atoms with Crippen LogP contribution in [0.5, 0.6) is 0 Å². The average Bonchev–Trinajstić information content (AvgIpc) is 2.93. The monoisotopic (exact) mass is 260 g/mol. The Morgan fingerprint density at radius 3 is 2.79 bits per heavy atom. The molecule has 0 bridgehead atoms. The van der Waals surface area contributed by atoms with E-state index in [2.05, 4.69) is 26.8 Å². The number of nitriles is 1. The van der Waals surface area contributed by atoms with Crippen molar-refractivity contribution in [2.24, 2.45) is 10.9 Å². The average molecular weight is 260 g/mol. The van der Waals surface area contributed by atoms with Crippen molar-refractivity contribution in [1.29, 1.82) is 5.26 Å². The van der Waals surface area contributed by atoms with E-state index in [1.807, 2.05) is 17.9 Å². The standard InChI is InChI=1S/C13H20N6/c1-15-13(16-2)18-11-8-17-19(9-11)12-5-3-10(7-14)4-6-12/h8-10,12H,3-6H2,1-2H3,(H2,15,16,18). The van der Waals surface area contributed by atoms with Gasteiger partial charge in [-0.05, 0) is 25.7 Å². The minimum Gasteiger partial charge on any atom is -0.359 e. The molecule has 6 nitrogen and oxygen atoms in total. The first-order valence-electron chi connectivity index (χ1n) is 6.62. The number of guanidine groups is 1. The lowest BCUT2D eigenvalue weighted by Crippen LogP contribution is -2.26. The van der Waals surface area contributed by atoms with Crippen LogP contribution in [0.25, 0.3) is 0 Å². The summed E-state index contributed by atoms with van der Waals surface area (Å²) in [5, 5.41) is 19.4. The predicted octanol–water partition coefficient (Wildman–Crippen LogP) is 1.76. The number of aliphatic imine (C=N–C) groups is 1. The smallest absolute Gasteiger partial charge is 0.195 e. The van der Waals surface area contributed by atoms with E-state index in [0.29, 0.717) is 12.0 Å². The van der Waals surface area contributed by atoms with Gasteiger partial charge in [-0.25, -0.2) is 0 Å². The molecule has 0 aromatic carbocycles. The van der Waals surface area contributed by atoms with Crippen LogP contribution in [0.15, 0.2) is 17.4 Å². The molecular weight excluding hydrogens is 240 g/mol. The first-order valence-corrected chi connectivity index (χ1v) is 6.62. The van der Waals surface area contributed by atoms with Crippen LogP contribution in [-0.2, 0) is 0 Å². The molecule has 0 radical (unpaired) electrons. The molecule has 2 N–H and O–H groups in total. The van der Waals surface area contributed by atoms with Crippen LogP contribution in [-0.4, -0.2) is 29.8 Å². The second-order valence-corrected chi connectivity index (χ2v) is 4.79. The van der Waals surface area contributed by atoms with Crippen LogP contribution in [0.2, 0.25) is 0 Å². The summed E-state index contributed by atoms with van der Waals surface area (Å²) in [5.74, 6) is 0.945. The van der Waals surface area contributed by atoms with Crippen molar-refractivity contribution in [2.45, 2.75) is 31.7 Å². The molecule has 0 amide bonds. The van der Waals surface area contributed by atoms with E-state index < -0.39 is 0 Å². The van der Waals surface area contributed by atoms with Gasteiger partial charge in [-0.1, -0.05) is 0 Å². The number of nitrogens with zero attached hydrogens (tertiary/aromatic N) is 4. The zero-order chi connectivity index (χ0) is 13.7. The first kappa shape index (κ1) is 13.4. The molecule has 1 aliphatic rings. The van der Waals surface area contributed by atoms with Crippen molar-refractivity contribution >= 4 is 11.6 Å². The highest BCUT2D eigenvalue weighted by molar-refractivity contribution is 5.93. The molecule has 0 saturated heterocycles. The zero-order valence-corrected chi connectivity index (χ0v) is 11.4. The lowest BCUT2D eigenvalue weighted by atomic mass is 9.87. The Morgan fingerprint density at radius 1 is 1.47 bits per heavy atom. The van der Waals surface area contributed by atoms with Gasteiger partial charge in [0.15, 0.2) is 5.96 Å². The van der Waals surface area contributed by atoms with Gasteiger partial charge >= 0.3 is 0 Å². The van der Waals surface area contributed by atoms with Crippen LogP contribution in [0.1, 0.15) is 31.7 Å². The highest BCUT2D eigenvalue weighted by atomic mass is 15.3. The topological polar surface area (TPSA) is 78.0 Å². The van der Waals surface area contributed by atoms with Gasteiger partial charge < -0.3 is 10.6 Å². The molecule has 1 saturated carbocycles. The van der Waals surface area contributed by atoms with Crippen molar-refractivity contribution in [3.05, 3.63) is 12.4 Å². The van der Waals surface area contributed by atoms with E-state index in [1.165, 1.54) is 0 Å². The fourth-order valence-corrected chi connectivity index (χ4v) is 2.44. The quantitative estimate of drug-likeness (QED) is 0.627. The first-order chi connectivity index (χ1) is 9.26. The Morgan fingerprint density at radius 2 is 2.21 bits per heavy atom. The molecule has 0 unspecified atom stereocenters. The van der Waals surface area contributed by atoms with Gasteiger partial charge in [0.1, 0.15) is 0 Å². The van der Waals surface area contributed by atoms with E-state index in [9.17, 15) is 0 Å². The lowest BCUT2D eigenvalue weighted by molar-refractivity contribution is 0.294. The Hall–Kier alpha value is -2.03. The predicted molar refractivity (Wildman–Crippen MR) is 74.9 cm³/mol. The van der Waals surface area contributed by atoms with Crippen molar-refractivity contribution in [3.63, 3.8) is 0 Å². The molecule has 1 aliphatic carbocycles. The van der Waals surface area contributed by atoms with Crippen molar-refractivity contribution in [2.75, 3.05) is 19.4 Å². The third kappa shape index (κ3) is 3.25. The van der Waals surface area contributed by atoms with Gasteiger partial charge in [0.25, 0.3) is 0 Å². The number of hydrogen-bond acceptors (Lipinski definition) is 3. The largest absolute Gasteiger partial charge is 0.359 e. The van der Waals surface area contributed by atoms with Gasteiger partial charge in [-0.2, -0.15) is 10.4 Å². The fraction of sp³-hybridized carbons (Fsp3) is 0.615. The second kappa shape index (κ2) is 6.23. The highest BCUT2D eigenvalue weighted by Crippen LogP contribution is 2.31. The summed E-state index contributed by atoms with van der Waals surface area (Å²) < 4.78 is 2.00. The summed E-state index contributed by atoms with van der Waals surface area (Å²) in [6.45, 7) is 0. The Kier molecular flexibility index (Phi) is 4.39. The number of hydrogen-bond donors (Lipinski definition) is 2. The molecule has 1 heterocycles. The minimum atomic E-state index is 0.229. The molecule has 2 rings (SSSR count). The van der Waals surface area contributed by atoms with E-state index in [0.717, 1.165) is 31.4 Å². The molecular formula is C13H20N6.